The van der Waals surface area contributed by atoms with E-state index in [9.17, 15) is 24.3 Å². The molecule has 3 heterocycles. The van der Waals surface area contributed by atoms with Crippen molar-refractivity contribution >= 4 is 51.1 Å². The Morgan fingerprint density at radius 1 is 1.24 bits per heavy atom. The number of carbonyl (C=O) groups is 4. The van der Waals surface area contributed by atoms with Crippen molar-refractivity contribution in [2.45, 2.75) is 12.5 Å². The van der Waals surface area contributed by atoms with Gasteiger partial charge in [-0.25, -0.2) is 9.59 Å². The third-order valence-corrected chi connectivity index (χ3v) is 6.43. The van der Waals surface area contributed by atoms with Gasteiger partial charge in [0, 0.05) is 16.8 Å². The third kappa shape index (κ3) is 4.38. The molecule has 0 spiro atoms. The van der Waals surface area contributed by atoms with E-state index in [0.29, 0.717) is 40.1 Å². The number of nitrogens with one attached hydrogen (secondary N) is 3. The van der Waals surface area contributed by atoms with Crippen LogP contribution < -0.4 is 20.7 Å². The van der Waals surface area contributed by atoms with Gasteiger partial charge in [0.1, 0.15) is 16.3 Å². The molecule has 172 valence electrons. The zero-order valence-corrected chi connectivity index (χ0v) is 18.1. The molecule has 3 aromatic rings. The number of furan rings is 1. The Morgan fingerprint density at radius 3 is 2.73 bits per heavy atom. The number of aliphatic carboxylic acids is 1. The van der Waals surface area contributed by atoms with E-state index < -0.39 is 29.8 Å². The normalized spacial score (nSPS) is 15.0. The summed E-state index contributed by atoms with van der Waals surface area (Å²) in [5.74, 6) is -4.02. The molecule has 0 radical (unpaired) electrons. The molecule has 0 saturated carbocycles. The van der Waals surface area contributed by atoms with E-state index in [2.05, 4.69) is 16.0 Å². The van der Waals surface area contributed by atoms with E-state index in [1.165, 1.54) is 0 Å². The highest BCUT2D eigenvalue weighted by molar-refractivity contribution is 7.17. The van der Waals surface area contributed by atoms with Crippen LogP contribution in [0.4, 0.5) is 5.00 Å². The molecular weight excluding hydrogens is 454 g/mol. The van der Waals surface area contributed by atoms with Gasteiger partial charge in [-0.3, -0.25) is 9.59 Å². The lowest BCUT2D eigenvalue weighted by Gasteiger charge is -2.24. The zero-order chi connectivity index (χ0) is 23.7. The number of benzene rings is 1. The predicted octanol–water partition coefficient (Wildman–Crippen LogP) is 1.84. The molecule has 1 unspecified atom stereocenters. The van der Waals surface area contributed by atoms with Gasteiger partial charge < -0.3 is 35.3 Å². The van der Waals surface area contributed by atoms with Gasteiger partial charge in [-0.15, -0.1) is 11.3 Å². The summed E-state index contributed by atoms with van der Waals surface area (Å²) < 4.78 is 10.8. The maximum atomic E-state index is 12.6. The van der Waals surface area contributed by atoms with E-state index >= 15 is 0 Å². The van der Waals surface area contributed by atoms with Crippen LogP contribution in [-0.2, 0) is 16.0 Å². The average Bonchev–Trinajstić information content (AvgIpc) is 3.38. The van der Waals surface area contributed by atoms with Gasteiger partial charge in [0.2, 0.25) is 0 Å². The number of carbonyl (C=O) groups excluding carboxylic acids is 2. The monoisotopic (exact) mass is 473 g/mol. The van der Waals surface area contributed by atoms with Gasteiger partial charge in [-0.2, -0.15) is 0 Å². The maximum absolute atomic E-state index is 12.6. The van der Waals surface area contributed by atoms with Crippen LogP contribution in [0.25, 0.3) is 11.0 Å². The Morgan fingerprint density at radius 2 is 2.03 bits per heavy atom. The number of carboxylic acid groups (broad SMARTS) is 2. The quantitative estimate of drug-likeness (QED) is 0.336. The second-order valence-corrected chi connectivity index (χ2v) is 8.25. The van der Waals surface area contributed by atoms with E-state index in [1.807, 2.05) is 0 Å². The van der Waals surface area contributed by atoms with E-state index in [0.717, 1.165) is 11.3 Å². The Hall–Kier alpha value is -3.90. The fourth-order valence-corrected chi connectivity index (χ4v) is 4.97. The number of hydrogen-bond donors (Lipinski definition) is 5. The van der Waals surface area contributed by atoms with Crippen LogP contribution in [-0.4, -0.2) is 54.2 Å². The van der Waals surface area contributed by atoms with Crippen molar-refractivity contribution in [2.24, 2.45) is 0 Å². The summed E-state index contributed by atoms with van der Waals surface area (Å²) in [5.41, 5.74) is 0.901. The van der Waals surface area contributed by atoms with E-state index in [-0.39, 0.29) is 22.9 Å². The molecule has 2 aromatic heterocycles. The summed E-state index contributed by atoms with van der Waals surface area (Å²) in [4.78, 5) is 47.5. The third-order valence-electron chi connectivity index (χ3n) is 5.17. The summed E-state index contributed by atoms with van der Waals surface area (Å²) in [7, 11) is 1.54. The number of ether oxygens (including phenoxy) is 1. The molecular formula is C21H19N3O8S. The highest BCUT2D eigenvalue weighted by Crippen LogP contribution is 2.39. The first-order chi connectivity index (χ1) is 15.8. The lowest BCUT2D eigenvalue weighted by molar-refractivity contribution is -0.147. The first-order valence-corrected chi connectivity index (χ1v) is 10.6. The molecule has 1 atom stereocenters. The first-order valence-electron chi connectivity index (χ1n) is 9.80. The van der Waals surface area contributed by atoms with Crippen LogP contribution in [0.5, 0.6) is 5.75 Å². The molecule has 4 rings (SSSR count). The van der Waals surface area contributed by atoms with Crippen molar-refractivity contribution in [1.82, 2.24) is 10.6 Å². The molecule has 1 aromatic carbocycles. The second kappa shape index (κ2) is 8.92. The summed E-state index contributed by atoms with van der Waals surface area (Å²) >= 11 is 0.972. The number of amides is 2. The Bertz CT molecular complexity index is 1280. The second-order valence-electron chi connectivity index (χ2n) is 7.19. The van der Waals surface area contributed by atoms with Gasteiger partial charge in [0.05, 0.1) is 18.7 Å². The van der Waals surface area contributed by atoms with Crippen LogP contribution in [0.1, 0.15) is 37.4 Å². The van der Waals surface area contributed by atoms with Crippen molar-refractivity contribution in [3.8, 4) is 5.75 Å². The Kier molecular flexibility index (Phi) is 6.03. The molecule has 5 N–H and O–H groups in total. The highest BCUT2D eigenvalue weighted by Gasteiger charge is 2.32. The topological polar surface area (TPSA) is 167 Å². The van der Waals surface area contributed by atoms with Gasteiger partial charge in [-0.1, -0.05) is 0 Å². The minimum absolute atomic E-state index is 0.0499. The largest absolute Gasteiger partial charge is 0.497 e. The summed E-state index contributed by atoms with van der Waals surface area (Å²) in [6.45, 7) is 0.569. The zero-order valence-electron chi connectivity index (χ0n) is 17.3. The lowest BCUT2D eigenvalue weighted by Crippen LogP contribution is -2.38. The van der Waals surface area contributed by atoms with Crippen LogP contribution >= 0.6 is 11.3 Å². The summed E-state index contributed by atoms with van der Waals surface area (Å²) in [6.07, 6.45) is 0.381. The molecule has 12 heteroatoms. The van der Waals surface area contributed by atoms with Crippen molar-refractivity contribution in [3.63, 3.8) is 0 Å². The molecule has 0 bridgehead atoms. The van der Waals surface area contributed by atoms with Crippen LogP contribution in [0, 0.1) is 0 Å². The number of anilines is 1. The molecule has 0 aliphatic carbocycles. The number of fused-ring (bicyclic) bond motifs is 2. The standard InChI is InChI=1S/C21H19N3O8S/c1-31-10-2-3-13-9(6-10)7-14(32-13)17(25)23-8-12-16-11(4-5-22-12)15(20(27)28)19(33-16)24-18(26)21(29)30/h2-3,6-7,12,22H,4-5,8H2,1H3,(H,23,25)(H,24,26)(H,27,28)(H,29,30). The minimum Gasteiger partial charge on any atom is -0.497 e. The van der Waals surface area contributed by atoms with Crippen LogP contribution in [0.15, 0.2) is 28.7 Å². The van der Waals surface area contributed by atoms with E-state index in [4.69, 9.17) is 14.3 Å². The number of hydrogen-bond acceptors (Lipinski definition) is 8. The van der Waals surface area contributed by atoms with E-state index in [1.54, 1.807) is 31.4 Å². The Labute approximate surface area is 190 Å². The number of thiophene rings is 1. The van der Waals surface area contributed by atoms with Gasteiger partial charge in [-0.05, 0) is 42.8 Å². The SMILES string of the molecule is COc1ccc2oc(C(=O)NCC3NCCc4c3sc(NC(=O)C(=O)O)c4C(=O)O)cc2c1. The van der Waals surface area contributed by atoms with Crippen molar-refractivity contribution in [3.05, 3.63) is 46.0 Å². The molecule has 2 amide bonds. The summed E-state index contributed by atoms with van der Waals surface area (Å²) in [5, 5.41) is 27.2. The number of carboxylic acids is 2. The lowest BCUT2D eigenvalue weighted by atomic mass is 9.99. The highest BCUT2D eigenvalue weighted by atomic mass is 32.1. The molecule has 11 nitrogen and oxygen atoms in total. The fraction of sp³-hybridized carbons (Fsp3) is 0.238. The van der Waals surface area contributed by atoms with Crippen LogP contribution in [0.2, 0.25) is 0 Å². The number of aromatic carboxylic acids is 1. The molecule has 1 aliphatic rings. The van der Waals surface area contributed by atoms with Crippen molar-refractivity contribution < 1.29 is 38.5 Å². The van der Waals surface area contributed by atoms with Gasteiger partial charge in [0.25, 0.3) is 5.91 Å². The van der Waals surface area contributed by atoms with Gasteiger partial charge >= 0.3 is 17.8 Å². The molecule has 0 saturated heterocycles. The van der Waals surface area contributed by atoms with Gasteiger partial charge in [0.15, 0.2) is 5.76 Å². The first kappa shape index (κ1) is 22.3. The van der Waals surface area contributed by atoms with Crippen LogP contribution in [0.3, 0.4) is 0 Å². The predicted molar refractivity (Wildman–Crippen MR) is 117 cm³/mol. The van der Waals surface area contributed by atoms with Crippen molar-refractivity contribution in [1.29, 1.82) is 0 Å². The Balaban J connectivity index is 1.53. The summed E-state index contributed by atoms with van der Waals surface area (Å²) in [6, 6.07) is 6.34. The molecule has 1 aliphatic heterocycles. The smallest absolute Gasteiger partial charge is 0.394 e. The fourth-order valence-electron chi connectivity index (χ4n) is 3.65. The number of methoxy groups -OCH3 is 1. The molecule has 33 heavy (non-hydrogen) atoms. The maximum Gasteiger partial charge on any atom is 0.394 e. The van der Waals surface area contributed by atoms with Crippen molar-refractivity contribution in [2.75, 3.05) is 25.5 Å². The minimum atomic E-state index is -1.72. The average molecular weight is 473 g/mol. The number of rotatable bonds is 6. The molecule has 0 fully saturated rings.